The smallest absolute Gasteiger partial charge is 0.316 e. The molecule has 0 saturated carbocycles. The van der Waals surface area contributed by atoms with Crippen LogP contribution in [0.2, 0.25) is 0 Å². The lowest BCUT2D eigenvalue weighted by atomic mass is 10.2. The van der Waals surface area contributed by atoms with Gasteiger partial charge in [-0.2, -0.15) is 0 Å². The Balaban J connectivity index is 1.52. The van der Waals surface area contributed by atoms with Crippen LogP contribution >= 0.6 is 23.1 Å². The second-order valence-corrected chi connectivity index (χ2v) is 8.81. The van der Waals surface area contributed by atoms with Crippen LogP contribution < -0.4 is 0 Å². The maximum absolute atomic E-state index is 12.3. The number of rotatable bonds is 5. The van der Waals surface area contributed by atoms with E-state index in [9.17, 15) is 9.59 Å². The number of hydrogen-bond donors (Lipinski definition) is 0. The summed E-state index contributed by atoms with van der Waals surface area (Å²) in [7, 11) is 0. The Morgan fingerprint density at radius 3 is 2.70 bits per heavy atom. The Hall–Kier alpha value is -1.71. The molecule has 146 valence electrons. The van der Waals surface area contributed by atoms with E-state index in [2.05, 4.69) is 9.97 Å². The third-order valence-electron chi connectivity index (χ3n) is 4.39. The van der Waals surface area contributed by atoms with Crippen molar-refractivity contribution in [2.24, 2.45) is 0 Å². The topological polar surface area (TPSA) is 81.6 Å². The first-order valence-corrected chi connectivity index (χ1v) is 10.6. The van der Waals surface area contributed by atoms with Gasteiger partial charge in [-0.05, 0) is 33.3 Å². The molecule has 1 fully saturated rings. The van der Waals surface area contributed by atoms with Crippen LogP contribution in [-0.2, 0) is 19.1 Å². The van der Waals surface area contributed by atoms with Gasteiger partial charge in [-0.15, -0.1) is 11.3 Å². The van der Waals surface area contributed by atoms with Crippen LogP contribution in [0.3, 0.4) is 0 Å². The molecule has 1 aliphatic heterocycles. The van der Waals surface area contributed by atoms with E-state index in [-0.39, 0.29) is 30.5 Å². The first kappa shape index (κ1) is 20.0. The second-order valence-electron chi connectivity index (χ2n) is 6.65. The molecular weight excluding hydrogens is 386 g/mol. The number of thioether (sulfide) groups is 1. The van der Waals surface area contributed by atoms with E-state index in [1.165, 1.54) is 23.0 Å². The molecule has 0 N–H and O–H groups in total. The van der Waals surface area contributed by atoms with Gasteiger partial charge in [0.05, 0.1) is 18.0 Å². The van der Waals surface area contributed by atoms with E-state index in [0.29, 0.717) is 13.1 Å². The van der Waals surface area contributed by atoms with E-state index in [1.807, 2.05) is 27.7 Å². The van der Waals surface area contributed by atoms with Crippen molar-refractivity contribution in [3.05, 3.63) is 16.8 Å². The quantitative estimate of drug-likeness (QED) is 0.426. The summed E-state index contributed by atoms with van der Waals surface area (Å²) >= 11 is 2.93. The normalized spacial score (nSPS) is 20.1. The molecule has 1 amide bonds. The minimum absolute atomic E-state index is 0.0126. The molecule has 0 radical (unpaired) electrons. The van der Waals surface area contributed by atoms with Crippen molar-refractivity contribution in [1.29, 1.82) is 0 Å². The molecule has 0 spiro atoms. The molecule has 1 aliphatic rings. The van der Waals surface area contributed by atoms with Gasteiger partial charge in [0.15, 0.2) is 6.61 Å². The predicted octanol–water partition coefficient (Wildman–Crippen LogP) is 2.58. The van der Waals surface area contributed by atoms with Crippen molar-refractivity contribution in [3.8, 4) is 0 Å². The number of carbonyl (C=O) groups is 2. The molecule has 1 saturated heterocycles. The van der Waals surface area contributed by atoms with E-state index in [4.69, 9.17) is 9.47 Å². The number of ether oxygens (including phenoxy) is 2. The summed E-state index contributed by atoms with van der Waals surface area (Å²) < 4.78 is 10.8. The number of nitrogens with zero attached hydrogens (tertiary/aromatic N) is 3. The van der Waals surface area contributed by atoms with Crippen molar-refractivity contribution in [3.63, 3.8) is 0 Å². The second kappa shape index (κ2) is 8.53. The van der Waals surface area contributed by atoms with Gasteiger partial charge < -0.3 is 14.4 Å². The van der Waals surface area contributed by atoms with Crippen LogP contribution in [0.25, 0.3) is 10.2 Å². The van der Waals surface area contributed by atoms with Crippen LogP contribution in [0, 0.1) is 13.8 Å². The molecule has 0 unspecified atom stereocenters. The Kier molecular flexibility index (Phi) is 6.33. The highest BCUT2D eigenvalue weighted by atomic mass is 32.2. The Labute approximate surface area is 166 Å². The number of fused-ring (bicyclic) bond motifs is 1. The van der Waals surface area contributed by atoms with Crippen molar-refractivity contribution < 1.29 is 19.1 Å². The Morgan fingerprint density at radius 1 is 1.30 bits per heavy atom. The fourth-order valence-electron chi connectivity index (χ4n) is 3.04. The molecule has 2 atom stereocenters. The zero-order chi connectivity index (χ0) is 19.6. The van der Waals surface area contributed by atoms with Gasteiger partial charge in [0.1, 0.15) is 16.2 Å². The molecule has 27 heavy (non-hydrogen) atoms. The van der Waals surface area contributed by atoms with Crippen LogP contribution in [-0.4, -0.2) is 64.4 Å². The number of aromatic nitrogens is 2. The van der Waals surface area contributed by atoms with Gasteiger partial charge in [-0.25, -0.2) is 9.97 Å². The molecule has 3 heterocycles. The zero-order valence-electron chi connectivity index (χ0n) is 15.9. The number of esters is 1. The summed E-state index contributed by atoms with van der Waals surface area (Å²) in [5.41, 5.74) is 1.14. The Bertz CT molecular complexity index is 844. The van der Waals surface area contributed by atoms with Crippen molar-refractivity contribution >= 4 is 45.2 Å². The summed E-state index contributed by atoms with van der Waals surface area (Å²) in [5, 5.41) is 1.76. The van der Waals surface area contributed by atoms with E-state index < -0.39 is 5.97 Å². The average Bonchev–Trinajstić information content (AvgIpc) is 2.91. The first-order chi connectivity index (χ1) is 12.8. The number of amides is 1. The molecule has 2 aromatic heterocycles. The lowest BCUT2D eigenvalue weighted by molar-refractivity contribution is -0.155. The predicted molar refractivity (Wildman–Crippen MR) is 105 cm³/mol. The largest absolute Gasteiger partial charge is 0.455 e. The van der Waals surface area contributed by atoms with Gasteiger partial charge >= 0.3 is 5.97 Å². The molecule has 0 aromatic carbocycles. The van der Waals surface area contributed by atoms with Gasteiger partial charge in [0, 0.05) is 23.4 Å². The average molecular weight is 410 g/mol. The first-order valence-electron chi connectivity index (χ1n) is 8.77. The molecule has 0 bridgehead atoms. The number of morpholine rings is 1. The minimum atomic E-state index is -0.431. The van der Waals surface area contributed by atoms with E-state index in [0.717, 1.165) is 20.8 Å². The maximum atomic E-state index is 12.3. The van der Waals surface area contributed by atoms with Crippen LogP contribution in [0.4, 0.5) is 0 Å². The minimum Gasteiger partial charge on any atom is -0.455 e. The molecular formula is C18H23N3O4S2. The molecule has 7 nitrogen and oxygen atoms in total. The molecule has 3 rings (SSSR count). The summed E-state index contributed by atoms with van der Waals surface area (Å²) in [5.74, 6) is -0.521. The number of aryl methyl sites for hydroxylation is 2. The fourth-order valence-corrected chi connectivity index (χ4v) is 4.96. The molecule has 2 aromatic rings. The highest BCUT2D eigenvalue weighted by Gasteiger charge is 2.26. The standard InChI is InChI=1S/C18H23N3O4S2/c1-10-5-21(6-11(2)25-10)14(22)7-24-15(23)8-26-17-16-12(3)13(4)27-18(16)20-9-19-17/h9-11H,5-8H2,1-4H3/t10-,11-/m1/s1. The SMILES string of the molecule is Cc1sc2ncnc(SCC(=O)OCC(=O)N3C[C@@H](C)O[C@H](C)C3)c2c1C. The van der Waals surface area contributed by atoms with Gasteiger partial charge in [0.25, 0.3) is 5.91 Å². The summed E-state index contributed by atoms with van der Waals surface area (Å²) in [6, 6.07) is 0. The number of carbonyl (C=O) groups excluding carboxylic acids is 2. The molecule has 9 heteroatoms. The maximum Gasteiger partial charge on any atom is 0.316 e. The molecule has 0 aliphatic carbocycles. The summed E-state index contributed by atoms with van der Waals surface area (Å²) in [6.45, 7) is 8.72. The van der Waals surface area contributed by atoms with Gasteiger partial charge in [0.2, 0.25) is 0 Å². The Morgan fingerprint density at radius 2 is 2.00 bits per heavy atom. The summed E-state index contributed by atoms with van der Waals surface area (Å²) in [4.78, 5) is 36.7. The third kappa shape index (κ3) is 4.77. The van der Waals surface area contributed by atoms with Gasteiger partial charge in [-0.1, -0.05) is 11.8 Å². The fraction of sp³-hybridized carbons (Fsp3) is 0.556. The third-order valence-corrected chi connectivity index (χ3v) is 6.46. The number of thiophene rings is 1. The lowest BCUT2D eigenvalue weighted by Crippen LogP contribution is -2.49. The van der Waals surface area contributed by atoms with Crippen LogP contribution in [0.15, 0.2) is 11.4 Å². The van der Waals surface area contributed by atoms with Crippen LogP contribution in [0.5, 0.6) is 0 Å². The van der Waals surface area contributed by atoms with Gasteiger partial charge in [-0.3, -0.25) is 9.59 Å². The zero-order valence-corrected chi connectivity index (χ0v) is 17.5. The van der Waals surface area contributed by atoms with Crippen LogP contribution in [0.1, 0.15) is 24.3 Å². The van der Waals surface area contributed by atoms with E-state index in [1.54, 1.807) is 16.2 Å². The van der Waals surface area contributed by atoms with E-state index >= 15 is 0 Å². The van der Waals surface area contributed by atoms with Crippen molar-refractivity contribution in [1.82, 2.24) is 14.9 Å². The van der Waals surface area contributed by atoms with Crippen molar-refractivity contribution in [2.45, 2.75) is 44.9 Å². The monoisotopic (exact) mass is 409 g/mol. The number of hydrogen-bond acceptors (Lipinski definition) is 8. The lowest BCUT2D eigenvalue weighted by Gasteiger charge is -2.35. The van der Waals surface area contributed by atoms with Crippen molar-refractivity contribution in [2.75, 3.05) is 25.4 Å². The highest BCUT2D eigenvalue weighted by Crippen LogP contribution is 2.34. The summed E-state index contributed by atoms with van der Waals surface area (Å²) in [6.07, 6.45) is 1.48. The highest BCUT2D eigenvalue weighted by molar-refractivity contribution is 8.00.